The van der Waals surface area contributed by atoms with E-state index < -0.39 is 0 Å². The van der Waals surface area contributed by atoms with Crippen molar-refractivity contribution in [3.8, 4) is 0 Å². The predicted molar refractivity (Wildman–Crippen MR) is 64.3 cm³/mol. The maximum Gasteiger partial charge on any atom is 0.130 e. The summed E-state index contributed by atoms with van der Waals surface area (Å²) in [5, 5.41) is 9.01. The zero-order valence-electron chi connectivity index (χ0n) is 9.56. The van der Waals surface area contributed by atoms with Crippen LogP contribution in [0.25, 0.3) is 0 Å². The normalized spacial score (nSPS) is 17.8. The first kappa shape index (κ1) is 11.2. The molecule has 0 aliphatic carbocycles. The average molecular weight is 222 g/mol. The number of nitrogen functional groups attached to an aromatic ring is 1. The highest BCUT2D eigenvalue weighted by Gasteiger charge is 2.15. The van der Waals surface area contributed by atoms with Gasteiger partial charge in [-0.2, -0.15) is 0 Å². The number of piperazine rings is 1. The Hall–Kier alpha value is -1.33. The van der Waals surface area contributed by atoms with Gasteiger partial charge in [0.15, 0.2) is 0 Å². The van der Waals surface area contributed by atoms with E-state index in [1.807, 2.05) is 6.07 Å². The first-order chi connectivity index (χ1) is 7.70. The third kappa shape index (κ3) is 2.25. The standard InChI is InChI=1S/C11H18N4O/c1-14-2-4-15(5-3-14)11-6-10(12)9(8-16)7-13-11/h6-7,16H,2-5,8H2,1H3,(H2,12,13). The molecule has 1 aliphatic rings. The molecule has 16 heavy (non-hydrogen) atoms. The fraction of sp³-hybridized carbons (Fsp3) is 0.545. The highest BCUT2D eigenvalue weighted by Crippen LogP contribution is 2.19. The summed E-state index contributed by atoms with van der Waals surface area (Å²) in [6.07, 6.45) is 1.66. The van der Waals surface area contributed by atoms with Crippen LogP contribution in [0.4, 0.5) is 11.5 Å². The van der Waals surface area contributed by atoms with Crippen LogP contribution < -0.4 is 10.6 Å². The fourth-order valence-corrected chi connectivity index (χ4v) is 1.83. The van der Waals surface area contributed by atoms with Crippen LogP contribution in [0.2, 0.25) is 0 Å². The Morgan fingerprint density at radius 2 is 2.06 bits per heavy atom. The van der Waals surface area contributed by atoms with Gasteiger partial charge in [-0.15, -0.1) is 0 Å². The topological polar surface area (TPSA) is 65.6 Å². The Balaban J connectivity index is 2.12. The van der Waals surface area contributed by atoms with Crippen molar-refractivity contribution >= 4 is 11.5 Å². The molecule has 1 saturated heterocycles. The van der Waals surface area contributed by atoms with Gasteiger partial charge >= 0.3 is 0 Å². The lowest BCUT2D eigenvalue weighted by Crippen LogP contribution is -2.44. The molecule has 5 nitrogen and oxygen atoms in total. The Bertz CT molecular complexity index is 361. The lowest BCUT2D eigenvalue weighted by molar-refractivity contribution is 0.282. The number of hydrogen-bond donors (Lipinski definition) is 2. The van der Waals surface area contributed by atoms with Crippen LogP contribution in [-0.4, -0.2) is 48.2 Å². The van der Waals surface area contributed by atoms with Gasteiger partial charge in [-0.25, -0.2) is 4.98 Å². The number of anilines is 2. The van der Waals surface area contributed by atoms with Gasteiger partial charge in [0.1, 0.15) is 5.82 Å². The van der Waals surface area contributed by atoms with Crippen molar-refractivity contribution < 1.29 is 5.11 Å². The van der Waals surface area contributed by atoms with E-state index >= 15 is 0 Å². The molecular formula is C11H18N4O. The van der Waals surface area contributed by atoms with Gasteiger partial charge in [0.2, 0.25) is 0 Å². The van der Waals surface area contributed by atoms with Gasteiger partial charge in [0.05, 0.1) is 6.61 Å². The molecule has 0 aromatic carbocycles. The molecule has 5 heteroatoms. The molecule has 2 rings (SSSR count). The second kappa shape index (κ2) is 4.67. The fourth-order valence-electron chi connectivity index (χ4n) is 1.83. The lowest BCUT2D eigenvalue weighted by Gasteiger charge is -2.33. The van der Waals surface area contributed by atoms with Crippen LogP contribution in [0.5, 0.6) is 0 Å². The molecule has 0 unspecified atom stereocenters. The van der Waals surface area contributed by atoms with E-state index in [-0.39, 0.29) is 6.61 Å². The van der Waals surface area contributed by atoms with Crippen molar-refractivity contribution in [3.63, 3.8) is 0 Å². The summed E-state index contributed by atoms with van der Waals surface area (Å²) in [5.74, 6) is 0.905. The monoisotopic (exact) mass is 222 g/mol. The Kier molecular flexibility index (Phi) is 3.26. The van der Waals surface area contributed by atoms with E-state index in [4.69, 9.17) is 10.8 Å². The summed E-state index contributed by atoms with van der Waals surface area (Å²) in [5.41, 5.74) is 7.14. The number of hydrogen-bond acceptors (Lipinski definition) is 5. The summed E-state index contributed by atoms with van der Waals surface area (Å²) in [6, 6.07) is 1.84. The zero-order valence-corrected chi connectivity index (χ0v) is 9.56. The SMILES string of the molecule is CN1CCN(c2cc(N)c(CO)cn2)CC1. The summed E-state index contributed by atoms with van der Waals surface area (Å²) >= 11 is 0. The van der Waals surface area contributed by atoms with Gasteiger partial charge in [-0.05, 0) is 7.05 Å². The van der Waals surface area contributed by atoms with E-state index in [2.05, 4.69) is 21.8 Å². The number of likely N-dealkylation sites (N-methyl/N-ethyl adjacent to an activating group) is 1. The number of nitrogens with zero attached hydrogens (tertiary/aromatic N) is 3. The van der Waals surface area contributed by atoms with Crippen molar-refractivity contribution in [3.05, 3.63) is 17.8 Å². The summed E-state index contributed by atoms with van der Waals surface area (Å²) in [4.78, 5) is 8.84. The lowest BCUT2D eigenvalue weighted by atomic mass is 10.2. The molecule has 0 spiro atoms. The van der Waals surface area contributed by atoms with E-state index in [1.165, 1.54) is 0 Å². The second-order valence-corrected chi connectivity index (χ2v) is 4.19. The third-order valence-electron chi connectivity index (χ3n) is 3.01. The Morgan fingerprint density at radius 3 is 2.62 bits per heavy atom. The summed E-state index contributed by atoms with van der Waals surface area (Å²) in [6.45, 7) is 3.98. The van der Waals surface area contributed by atoms with Gasteiger partial charge in [0.25, 0.3) is 0 Å². The molecule has 0 saturated carbocycles. The average Bonchev–Trinajstić information content (AvgIpc) is 2.30. The number of rotatable bonds is 2. The minimum Gasteiger partial charge on any atom is -0.398 e. The van der Waals surface area contributed by atoms with Crippen molar-refractivity contribution in [2.24, 2.45) is 0 Å². The molecule has 1 aliphatic heterocycles. The maximum atomic E-state index is 9.01. The molecule has 0 atom stereocenters. The van der Waals surface area contributed by atoms with Crippen LogP contribution >= 0.6 is 0 Å². The van der Waals surface area contributed by atoms with E-state index in [0.717, 1.165) is 32.0 Å². The second-order valence-electron chi connectivity index (χ2n) is 4.19. The van der Waals surface area contributed by atoms with Crippen molar-refractivity contribution in [2.75, 3.05) is 43.9 Å². The number of nitrogens with two attached hydrogens (primary N) is 1. The number of aliphatic hydroxyl groups excluding tert-OH is 1. The van der Waals surface area contributed by atoms with Crippen LogP contribution in [0.1, 0.15) is 5.56 Å². The maximum absolute atomic E-state index is 9.01. The quantitative estimate of drug-likeness (QED) is 0.732. The predicted octanol–water partition coefficient (Wildman–Crippen LogP) is -0.0921. The molecule has 0 amide bonds. The largest absolute Gasteiger partial charge is 0.398 e. The minimum absolute atomic E-state index is 0.0537. The van der Waals surface area contributed by atoms with Crippen molar-refractivity contribution in [1.82, 2.24) is 9.88 Å². The summed E-state index contributed by atoms with van der Waals surface area (Å²) in [7, 11) is 2.12. The molecule has 2 heterocycles. The van der Waals surface area contributed by atoms with Gasteiger partial charge < -0.3 is 20.6 Å². The molecule has 1 aromatic heterocycles. The highest BCUT2D eigenvalue weighted by molar-refractivity contribution is 5.55. The van der Waals surface area contributed by atoms with E-state index in [0.29, 0.717) is 11.3 Å². The molecular weight excluding hydrogens is 204 g/mol. The van der Waals surface area contributed by atoms with Crippen molar-refractivity contribution in [2.45, 2.75) is 6.61 Å². The van der Waals surface area contributed by atoms with Crippen LogP contribution in [0.15, 0.2) is 12.3 Å². The molecule has 1 aromatic rings. The van der Waals surface area contributed by atoms with Crippen LogP contribution in [0, 0.1) is 0 Å². The minimum atomic E-state index is -0.0537. The van der Waals surface area contributed by atoms with Crippen LogP contribution in [-0.2, 0) is 6.61 Å². The third-order valence-corrected chi connectivity index (χ3v) is 3.01. The molecule has 0 bridgehead atoms. The first-order valence-corrected chi connectivity index (χ1v) is 5.49. The Morgan fingerprint density at radius 1 is 1.38 bits per heavy atom. The van der Waals surface area contributed by atoms with Crippen LogP contribution in [0.3, 0.4) is 0 Å². The highest BCUT2D eigenvalue weighted by atomic mass is 16.3. The number of aliphatic hydroxyl groups is 1. The van der Waals surface area contributed by atoms with Gasteiger partial charge in [0, 0.05) is 49.7 Å². The Labute approximate surface area is 95.5 Å². The van der Waals surface area contributed by atoms with Gasteiger partial charge in [-0.1, -0.05) is 0 Å². The smallest absolute Gasteiger partial charge is 0.130 e. The zero-order chi connectivity index (χ0) is 11.5. The molecule has 1 fully saturated rings. The molecule has 0 radical (unpaired) electrons. The molecule has 3 N–H and O–H groups in total. The summed E-state index contributed by atoms with van der Waals surface area (Å²) < 4.78 is 0. The molecule has 88 valence electrons. The first-order valence-electron chi connectivity index (χ1n) is 5.49. The van der Waals surface area contributed by atoms with Gasteiger partial charge in [-0.3, -0.25) is 0 Å². The number of aromatic nitrogens is 1. The van der Waals surface area contributed by atoms with E-state index in [9.17, 15) is 0 Å². The number of pyridine rings is 1. The van der Waals surface area contributed by atoms with E-state index in [1.54, 1.807) is 6.20 Å². The van der Waals surface area contributed by atoms with Crippen molar-refractivity contribution in [1.29, 1.82) is 0 Å².